The Hall–Kier alpha value is -1.35. The highest BCUT2D eigenvalue weighted by Crippen LogP contribution is 2.32. The zero-order valence-electron chi connectivity index (χ0n) is 13.1. The summed E-state index contributed by atoms with van der Waals surface area (Å²) in [5, 5.41) is 0. The van der Waals surface area contributed by atoms with Gasteiger partial charge in [0.05, 0.1) is 12.5 Å². The topological polar surface area (TPSA) is 35.5 Å². The van der Waals surface area contributed by atoms with Crippen molar-refractivity contribution in [1.82, 2.24) is 0 Å². The van der Waals surface area contributed by atoms with Crippen LogP contribution < -0.4 is 4.74 Å². The number of benzene rings is 1. The van der Waals surface area contributed by atoms with E-state index in [2.05, 4.69) is 6.92 Å². The average molecular weight is 290 g/mol. The molecule has 0 aromatic heterocycles. The van der Waals surface area contributed by atoms with E-state index in [0.717, 1.165) is 24.3 Å². The zero-order chi connectivity index (χ0) is 15.1. The number of esters is 1. The van der Waals surface area contributed by atoms with E-state index in [4.69, 9.17) is 9.47 Å². The monoisotopic (exact) mass is 290 g/mol. The van der Waals surface area contributed by atoms with Crippen molar-refractivity contribution >= 4 is 5.97 Å². The lowest BCUT2D eigenvalue weighted by Crippen LogP contribution is -2.25. The molecule has 116 valence electrons. The van der Waals surface area contributed by atoms with Gasteiger partial charge in [0.15, 0.2) is 0 Å². The molecule has 0 amide bonds. The number of hydrogen-bond donors (Lipinski definition) is 0. The summed E-state index contributed by atoms with van der Waals surface area (Å²) in [5.41, 5.74) is 1.08. The Balaban J connectivity index is 1.81. The smallest absolute Gasteiger partial charge is 0.314 e. The molecule has 21 heavy (non-hydrogen) atoms. The van der Waals surface area contributed by atoms with Gasteiger partial charge in [0.1, 0.15) is 5.75 Å². The first kappa shape index (κ1) is 16.0. The van der Waals surface area contributed by atoms with Gasteiger partial charge in [-0.05, 0) is 49.3 Å². The van der Waals surface area contributed by atoms with Crippen LogP contribution in [0.15, 0.2) is 24.3 Å². The number of carbonyl (C=O) groups is 1. The van der Waals surface area contributed by atoms with E-state index in [9.17, 15) is 4.79 Å². The molecule has 0 spiro atoms. The maximum Gasteiger partial charge on any atom is 0.314 e. The summed E-state index contributed by atoms with van der Waals surface area (Å²) in [6.45, 7) is 2.81. The summed E-state index contributed by atoms with van der Waals surface area (Å²) in [5.74, 6) is 1.46. The molecule has 1 aliphatic rings. The van der Waals surface area contributed by atoms with E-state index in [1.54, 1.807) is 7.11 Å². The predicted octanol–water partition coefficient (Wildman–Crippen LogP) is 4.34. The van der Waals surface area contributed by atoms with Gasteiger partial charge in [0, 0.05) is 7.11 Å². The van der Waals surface area contributed by atoms with Crippen LogP contribution in [0.4, 0.5) is 0 Å². The van der Waals surface area contributed by atoms with E-state index in [1.165, 1.54) is 25.7 Å². The summed E-state index contributed by atoms with van der Waals surface area (Å²) in [7, 11) is 1.67. The molecule has 1 fully saturated rings. The third-order valence-corrected chi connectivity index (χ3v) is 4.33. The van der Waals surface area contributed by atoms with Crippen molar-refractivity contribution < 1.29 is 14.3 Å². The molecule has 0 bridgehead atoms. The van der Waals surface area contributed by atoms with Gasteiger partial charge in [-0.15, -0.1) is 0 Å². The van der Waals surface area contributed by atoms with Gasteiger partial charge in [-0.25, -0.2) is 0 Å². The van der Waals surface area contributed by atoms with Crippen LogP contribution >= 0.6 is 0 Å². The molecule has 3 nitrogen and oxygen atoms in total. The summed E-state index contributed by atoms with van der Waals surface area (Å²) in [6.07, 6.45) is 6.83. The molecule has 0 heterocycles. The Morgan fingerprint density at radius 2 is 1.81 bits per heavy atom. The van der Waals surface area contributed by atoms with Crippen LogP contribution in [0, 0.1) is 11.8 Å². The standard InChI is InChI=1S/C18H26O3/c1-3-4-14-5-9-16(10-6-14)18(19)21-17-11-7-15(8-12-17)13-20-2/h7-8,11-12,14,16H,3-6,9-10,13H2,1-2H3/t14-,16-. The fourth-order valence-electron chi connectivity index (χ4n) is 3.11. The van der Waals surface area contributed by atoms with Crippen molar-refractivity contribution in [2.45, 2.75) is 52.1 Å². The largest absolute Gasteiger partial charge is 0.426 e. The van der Waals surface area contributed by atoms with Crippen LogP contribution in [-0.2, 0) is 16.1 Å². The van der Waals surface area contributed by atoms with Gasteiger partial charge >= 0.3 is 5.97 Å². The number of rotatable bonds is 6. The molecule has 1 aromatic rings. The third kappa shape index (κ3) is 4.85. The van der Waals surface area contributed by atoms with Gasteiger partial charge < -0.3 is 9.47 Å². The van der Waals surface area contributed by atoms with Crippen LogP contribution in [-0.4, -0.2) is 13.1 Å². The van der Waals surface area contributed by atoms with Crippen LogP contribution in [0.3, 0.4) is 0 Å². The second kappa shape index (κ2) is 8.18. The molecule has 0 saturated heterocycles. The Kier molecular flexibility index (Phi) is 6.24. The van der Waals surface area contributed by atoms with E-state index < -0.39 is 0 Å². The molecule has 0 atom stereocenters. The third-order valence-electron chi connectivity index (χ3n) is 4.33. The molecule has 1 saturated carbocycles. The van der Waals surface area contributed by atoms with Crippen LogP contribution in [0.1, 0.15) is 51.0 Å². The second-order valence-electron chi connectivity index (χ2n) is 6.00. The lowest BCUT2D eigenvalue weighted by Gasteiger charge is -2.26. The Morgan fingerprint density at radius 1 is 1.14 bits per heavy atom. The molecule has 0 N–H and O–H groups in total. The summed E-state index contributed by atoms with van der Waals surface area (Å²) >= 11 is 0. The quantitative estimate of drug-likeness (QED) is 0.577. The van der Waals surface area contributed by atoms with Gasteiger partial charge in [0.25, 0.3) is 0 Å². The summed E-state index contributed by atoms with van der Waals surface area (Å²) in [6, 6.07) is 7.55. The first-order valence-corrected chi connectivity index (χ1v) is 8.02. The molecule has 3 heteroatoms. The summed E-state index contributed by atoms with van der Waals surface area (Å²) < 4.78 is 10.6. The summed E-state index contributed by atoms with van der Waals surface area (Å²) in [4.78, 5) is 12.2. The van der Waals surface area contributed by atoms with Gasteiger partial charge in [-0.2, -0.15) is 0 Å². The highest BCUT2D eigenvalue weighted by molar-refractivity contribution is 5.75. The van der Waals surface area contributed by atoms with Crippen molar-refractivity contribution in [2.75, 3.05) is 7.11 Å². The van der Waals surface area contributed by atoms with Crippen molar-refractivity contribution in [3.05, 3.63) is 29.8 Å². The first-order valence-electron chi connectivity index (χ1n) is 8.02. The molecular formula is C18H26O3. The van der Waals surface area contributed by atoms with Crippen LogP contribution in [0.5, 0.6) is 5.75 Å². The Morgan fingerprint density at radius 3 is 2.38 bits per heavy atom. The van der Waals surface area contributed by atoms with Crippen molar-refractivity contribution in [1.29, 1.82) is 0 Å². The molecule has 2 rings (SSSR count). The normalized spacial score (nSPS) is 22.0. The fraction of sp³-hybridized carbons (Fsp3) is 0.611. The lowest BCUT2D eigenvalue weighted by molar-refractivity contribution is -0.140. The molecule has 0 unspecified atom stereocenters. The predicted molar refractivity (Wildman–Crippen MR) is 83.1 cm³/mol. The second-order valence-corrected chi connectivity index (χ2v) is 6.00. The van der Waals surface area contributed by atoms with E-state index in [0.29, 0.717) is 12.4 Å². The van der Waals surface area contributed by atoms with Gasteiger partial charge in [-0.3, -0.25) is 4.79 Å². The molecular weight excluding hydrogens is 264 g/mol. The maximum absolute atomic E-state index is 12.2. The highest BCUT2D eigenvalue weighted by atomic mass is 16.5. The minimum Gasteiger partial charge on any atom is -0.426 e. The number of carbonyl (C=O) groups excluding carboxylic acids is 1. The van der Waals surface area contributed by atoms with E-state index in [-0.39, 0.29) is 11.9 Å². The molecule has 1 aliphatic carbocycles. The van der Waals surface area contributed by atoms with Gasteiger partial charge in [-0.1, -0.05) is 31.9 Å². The van der Waals surface area contributed by atoms with E-state index in [1.807, 2.05) is 24.3 Å². The fourth-order valence-corrected chi connectivity index (χ4v) is 3.11. The van der Waals surface area contributed by atoms with E-state index >= 15 is 0 Å². The Bertz CT molecular complexity index is 430. The minimum atomic E-state index is -0.0653. The van der Waals surface area contributed by atoms with Crippen LogP contribution in [0.25, 0.3) is 0 Å². The molecule has 0 radical (unpaired) electrons. The van der Waals surface area contributed by atoms with Crippen molar-refractivity contribution in [3.8, 4) is 5.75 Å². The highest BCUT2D eigenvalue weighted by Gasteiger charge is 2.27. The average Bonchev–Trinajstić information content (AvgIpc) is 2.50. The number of ether oxygens (including phenoxy) is 2. The first-order chi connectivity index (χ1) is 10.2. The maximum atomic E-state index is 12.2. The lowest BCUT2D eigenvalue weighted by atomic mass is 9.80. The van der Waals surface area contributed by atoms with Crippen molar-refractivity contribution in [3.63, 3.8) is 0 Å². The Labute approximate surface area is 127 Å². The van der Waals surface area contributed by atoms with Crippen molar-refractivity contribution in [2.24, 2.45) is 11.8 Å². The molecule has 0 aliphatic heterocycles. The van der Waals surface area contributed by atoms with Gasteiger partial charge in [0.2, 0.25) is 0 Å². The number of hydrogen-bond acceptors (Lipinski definition) is 3. The molecule has 1 aromatic carbocycles. The SMILES string of the molecule is CCC[C@H]1CC[C@H](C(=O)Oc2ccc(COC)cc2)CC1. The minimum absolute atomic E-state index is 0.0653. The number of methoxy groups -OCH3 is 1. The zero-order valence-corrected chi connectivity index (χ0v) is 13.1. The van der Waals surface area contributed by atoms with Crippen LogP contribution in [0.2, 0.25) is 0 Å².